The average Bonchev–Trinajstić information content (AvgIpc) is 3.10. The van der Waals surface area contributed by atoms with Crippen LogP contribution in [-0.2, 0) is 18.3 Å². The van der Waals surface area contributed by atoms with Crippen molar-refractivity contribution in [2.75, 3.05) is 6.61 Å². The Balaban J connectivity index is 1.82. The number of nitrogens with zero attached hydrogens (tertiary/aromatic N) is 1. The van der Waals surface area contributed by atoms with Gasteiger partial charge in [0, 0.05) is 28.8 Å². The van der Waals surface area contributed by atoms with Gasteiger partial charge in [-0.1, -0.05) is 64.6 Å². The number of benzene rings is 1. The number of phosphoric ester groups is 1. The number of ether oxygens (including phenoxy) is 1. The number of hydrogen-bond acceptors (Lipinski definition) is 7. The average molecular weight is 564 g/mol. The molecule has 5 atom stereocenters. The summed E-state index contributed by atoms with van der Waals surface area (Å²) in [4.78, 5) is 36.3. The fourth-order valence-electron chi connectivity index (χ4n) is 3.26. The van der Waals surface area contributed by atoms with Crippen molar-refractivity contribution in [3.05, 3.63) is 67.4 Å². The van der Waals surface area contributed by atoms with Crippen LogP contribution in [0.1, 0.15) is 29.9 Å². The maximum absolute atomic E-state index is 12.8. The summed E-state index contributed by atoms with van der Waals surface area (Å²) in [7, 11) is -4.93. The van der Waals surface area contributed by atoms with Crippen LogP contribution in [0.5, 0.6) is 0 Å². The number of phosphoric acid groups is 1. The minimum absolute atomic E-state index is 0.124. The van der Waals surface area contributed by atoms with Gasteiger partial charge in [0.05, 0.1) is 6.61 Å². The molecule has 1 aromatic carbocycles. The molecule has 0 saturated carbocycles. The van der Waals surface area contributed by atoms with Gasteiger partial charge in [-0.05, 0) is 13.0 Å². The molecule has 1 aliphatic rings. The number of aryl methyl sites for hydroxylation is 1. The fourth-order valence-corrected chi connectivity index (χ4v) is 5.32. The summed E-state index contributed by atoms with van der Waals surface area (Å²) in [5, 5.41) is 9.77. The minimum atomic E-state index is -4.93. The molecule has 0 spiro atoms. The third-order valence-electron chi connectivity index (χ3n) is 4.81. The summed E-state index contributed by atoms with van der Waals surface area (Å²) in [5.74, 6) is 0. The Bertz CT molecular complexity index is 1170. The van der Waals surface area contributed by atoms with E-state index in [0.717, 1.165) is 4.57 Å². The molecule has 2 unspecified atom stereocenters. The van der Waals surface area contributed by atoms with E-state index < -0.39 is 54.0 Å². The summed E-state index contributed by atoms with van der Waals surface area (Å²) in [6, 6.07) is 6.11. The number of aromatic nitrogens is 2. The van der Waals surface area contributed by atoms with Crippen molar-refractivity contribution in [1.82, 2.24) is 9.55 Å². The highest BCUT2D eigenvalue weighted by atomic mass is 35.6. The van der Waals surface area contributed by atoms with E-state index in [-0.39, 0.29) is 22.6 Å². The highest BCUT2D eigenvalue weighted by Gasteiger charge is 2.46. The maximum Gasteiger partial charge on any atom is 0.473 e. The van der Waals surface area contributed by atoms with Gasteiger partial charge < -0.3 is 14.7 Å². The smallest absolute Gasteiger partial charge is 0.394 e. The number of nitrogens with one attached hydrogen (secondary N) is 1. The summed E-state index contributed by atoms with van der Waals surface area (Å²) < 4.78 is 27.7. The second kappa shape index (κ2) is 10.4. The van der Waals surface area contributed by atoms with E-state index in [1.165, 1.54) is 25.3 Å². The van der Waals surface area contributed by atoms with Crippen LogP contribution in [0.3, 0.4) is 0 Å². The van der Waals surface area contributed by atoms with Gasteiger partial charge in [-0.3, -0.25) is 23.4 Å². The Morgan fingerprint density at radius 2 is 2.00 bits per heavy atom. The van der Waals surface area contributed by atoms with Gasteiger partial charge in [0.2, 0.25) is 3.79 Å². The molecule has 10 nitrogen and oxygen atoms in total. The van der Waals surface area contributed by atoms with Crippen LogP contribution in [0.4, 0.5) is 0 Å². The molecule has 2 aromatic rings. The number of hydrogen-bond donors (Lipinski definition) is 3. The lowest BCUT2D eigenvalue weighted by Gasteiger charge is -2.28. The zero-order valence-corrected chi connectivity index (χ0v) is 20.8. The SMILES string of the molecule is Cc1cn([C@H]2C[C@H](OP(=O)(O)OC(c3ccccc3Cl)C(Cl)(Cl)Cl)[C@@H](CO)O2)c(=O)[nH]c1=O. The van der Waals surface area contributed by atoms with Crippen LogP contribution in [0.2, 0.25) is 5.02 Å². The molecule has 3 N–H and O–H groups in total. The maximum atomic E-state index is 12.8. The summed E-state index contributed by atoms with van der Waals surface area (Å²) in [6.07, 6.45) is -3.71. The number of rotatable bonds is 7. The van der Waals surface area contributed by atoms with Crippen molar-refractivity contribution in [3.8, 4) is 0 Å². The van der Waals surface area contributed by atoms with Gasteiger partial charge in [0.25, 0.3) is 5.56 Å². The van der Waals surface area contributed by atoms with Crippen LogP contribution in [0.25, 0.3) is 0 Å². The standard InChI is InChI=1S/C18H19Cl4N2O8P/c1-9-7-24(17(27)23-16(9)26)14-6-12(13(8-25)30-14)31-33(28,29)32-15(18(20,21)22)10-4-2-3-5-11(10)19/h2-5,7,12-15,25H,6,8H2,1H3,(H,28,29)(H,23,26,27)/t12-,13+,14+,15?/m0/s1. The van der Waals surface area contributed by atoms with E-state index in [2.05, 4.69) is 4.98 Å². The quantitative estimate of drug-likeness (QED) is 0.344. The molecule has 0 amide bonds. The monoisotopic (exact) mass is 562 g/mol. The Hall–Kier alpha value is -0.910. The largest absolute Gasteiger partial charge is 0.473 e. The number of alkyl halides is 3. The lowest BCUT2D eigenvalue weighted by molar-refractivity contribution is -0.0476. The van der Waals surface area contributed by atoms with Crippen molar-refractivity contribution in [2.45, 2.75) is 41.7 Å². The van der Waals surface area contributed by atoms with Gasteiger partial charge >= 0.3 is 13.5 Å². The van der Waals surface area contributed by atoms with Gasteiger partial charge in [-0.25, -0.2) is 9.36 Å². The molecule has 1 fully saturated rings. The predicted octanol–water partition coefficient (Wildman–Crippen LogP) is 3.39. The molecule has 33 heavy (non-hydrogen) atoms. The molecule has 0 aliphatic carbocycles. The lowest BCUT2D eigenvalue weighted by Crippen LogP contribution is -2.33. The molecular weight excluding hydrogens is 545 g/mol. The van der Waals surface area contributed by atoms with Crippen molar-refractivity contribution >= 4 is 54.2 Å². The fraction of sp³-hybridized carbons (Fsp3) is 0.444. The van der Waals surface area contributed by atoms with Crippen LogP contribution in [-0.4, -0.2) is 42.2 Å². The predicted molar refractivity (Wildman–Crippen MR) is 122 cm³/mol. The van der Waals surface area contributed by atoms with Gasteiger partial charge in [0.15, 0.2) is 0 Å². The Kier molecular flexibility index (Phi) is 8.39. The van der Waals surface area contributed by atoms with E-state index in [4.69, 9.17) is 60.2 Å². The molecule has 0 radical (unpaired) electrons. The number of H-pyrrole nitrogens is 1. The molecule has 182 valence electrons. The topological polar surface area (TPSA) is 140 Å². The highest BCUT2D eigenvalue weighted by Crippen LogP contribution is 2.57. The van der Waals surface area contributed by atoms with Gasteiger partial charge in [-0.2, -0.15) is 0 Å². The number of aliphatic hydroxyl groups is 1. The lowest BCUT2D eigenvalue weighted by atomic mass is 10.1. The van der Waals surface area contributed by atoms with Crippen molar-refractivity contribution in [2.24, 2.45) is 0 Å². The first kappa shape index (κ1) is 26.7. The number of halogens is 4. The van der Waals surface area contributed by atoms with E-state index >= 15 is 0 Å². The molecular formula is C18H19Cl4N2O8P. The minimum Gasteiger partial charge on any atom is -0.394 e. The van der Waals surface area contributed by atoms with Crippen LogP contribution in [0, 0.1) is 6.92 Å². The van der Waals surface area contributed by atoms with Crippen molar-refractivity contribution < 1.29 is 28.3 Å². The zero-order valence-electron chi connectivity index (χ0n) is 16.9. The highest BCUT2D eigenvalue weighted by molar-refractivity contribution is 7.47. The van der Waals surface area contributed by atoms with Crippen LogP contribution < -0.4 is 11.2 Å². The number of aliphatic hydroxyl groups excluding tert-OH is 1. The Morgan fingerprint density at radius 1 is 1.33 bits per heavy atom. The van der Waals surface area contributed by atoms with E-state index in [9.17, 15) is 24.2 Å². The first-order valence-corrected chi connectivity index (χ1v) is 12.4. The van der Waals surface area contributed by atoms with E-state index in [1.807, 2.05) is 0 Å². The summed E-state index contributed by atoms with van der Waals surface area (Å²) in [6.45, 7) is 0.888. The zero-order chi connectivity index (χ0) is 24.6. The Labute approximate surface area is 207 Å². The number of aromatic amines is 1. The van der Waals surface area contributed by atoms with Crippen LogP contribution in [0.15, 0.2) is 40.1 Å². The van der Waals surface area contributed by atoms with E-state index in [0.29, 0.717) is 0 Å². The second-order valence-corrected chi connectivity index (χ2v) is 11.3. The second-order valence-electron chi connectivity index (χ2n) is 7.19. The summed E-state index contributed by atoms with van der Waals surface area (Å²) in [5.41, 5.74) is -0.950. The third kappa shape index (κ3) is 6.41. The van der Waals surface area contributed by atoms with E-state index in [1.54, 1.807) is 12.1 Å². The third-order valence-corrected chi connectivity index (χ3v) is 6.76. The normalized spacial score (nSPS) is 23.9. The Morgan fingerprint density at radius 3 is 2.61 bits per heavy atom. The van der Waals surface area contributed by atoms with Crippen LogP contribution >= 0.6 is 54.2 Å². The van der Waals surface area contributed by atoms with Gasteiger partial charge in [0.1, 0.15) is 24.5 Å². The molecule has 15 heteroatoms. The van der Waals surface area contributed by atoms with Crippen molar-refractivity contribution in [1.29, 1.82) is 0 Å². The molecule has 1 aliphatic heterocycles. The van der Waals surface area contributed by atoms with Crippen molar-refractivity contribution in [3.63, 3.8) is 0 Å². The molecule has 1 saturated heterocycles. The molecule has 1 aromatic heterocycles. The molecule has 0 bridgehead atoms. The summed E-state index contributed by atoms with van der Waals surface area (Å²) >= 11 is 24.0. The first-order valence-electron chi connectivity index (χ1n) is 9.41. The molecule has 2 heterocycles. The molecule has 3 rings (SSSR count). The first-order chi connectivity index (χ1) is 15.3. The van der Waals surface area contributed by atoms with Gasteiger partial charge in [-0.15, -0.1) is 0 Å².